The van der Waals surface area contributed by atoms with Crippen LogP contribution in [-0.2, 0) is 4.79 Å². The Morgan fingerprint density at radius 3 is 2.27 bits per heavy atom. The molecule has 2 aromatic carbocycles. The van der Waals surface area contributed by atoms with Crippen molar-refractivity contribution in [2.45, 2.75) is 13.8 Å². The maximum absolute atomic E-state index is 12.9. The van der Waals surface area contributed by atoms with E-state index in [1.165, 1.54) is 4.90 Å². The molecule has 0 radical (unpaired) electrons. The molecule has 1 aliphatic heterocycles. The Kier molecular flexibility index (Phi) is 5.05. The number of aromatic nitrogens is 1. The molecular weight excluding hydrogens is 398 g/mol. The highest BCUT2D eigenvalue weighted by Crippen LogP contribution is 2.36. The molecule has 6 nitrogen and oxygen atoms in total. The van der Waals surface area contributed by atoms with Gasteiger partial charge in [-0.05, 0) is 79.7 Å². The second-order valence-corrected chi connectivity index (χ2v) is 7.92. The van der Waals surface area contributed by atoms with Gasteiger partial charge >= 0.3 is 0 Å². The molecule has 0 atom stereocenters. The van der Waals surface area contributed by atoms with Crippen molar-refractivity contribution in [2.24, 2.45) is 5.73 Å². The van der Waals surface area contributed by atoms with E-state index in [4.69, 9.17) is 5.73 Å². The maximum Gasteiger partial charge on any atom is 0.298 e. The number of imide groups is 1. The van der Waals surface area contributed by atoms with Crippen molar-refractivity contribution in [1.82, 2.24) is 4.57 Å². The first-order valence-electron chi connectivity index (χ1n) is 9.29. The van der Waals surface area contributed by atoms with Crippen LogP contribution in [-0.4, -0.2) is 21.6 Å². The van der Waals surface area contributed by atoms with E-state index in [2.05, 4.69) is 0 Å². The van der Waals surface area contributed by atoms with Gasteiger partial charge in [-0.3, -0.25) is 14.4 Å². The third-order valence-corrected chi connectivity index (χ3v) is 5.84. The average Bonchev–Trinajstić information content (AvgIpc) is 3.17. The van der Waals surface area contributed by atoms with Crippen LogP contribution in [0.5, 0.6) is 0 Å². The van der Waals surface area contributed by atoms with Crippen molar-refractivity contribution in [3.05, 3.63) is 88.1 Å². The van der Waals surface area contributed by atoms with Crippen molar-refractivity contribution in [1.29, 1.82) is 0 Å². The second kappa shape index (κ2) is 7.68. The number of anilines is 1. The fraction of sp³-hybridized carbons (Fsp3) is 0.0870. The van der Waals surface area contributed by atoms with Gasteiger partial charge in [0, 0.05) is 22.6 Å². The van der Waals surface area contributed by atoms with Crippen molar-refractivity contribution in [2.75, 3.05) is 4.90 Å². The summed E-state index contributed by atoms with van der Waals surface area (Å²) >= 11 is 0.934. The molecule has 7 heteroatoms. The number of thioether (sulfide) groups is 1. The topological polar surface area (TPSA) is 85.4 Å². The summed E-state index contributed by atoms with van der Waals surface area (Å²) in [6.07, 6.45) is 1.75. The lowest BCUT2D eigenvalue weighted by Crippen LogP contribution is -2.27. The van der Waals surface area contributed by atoms with Gasteiger partial charge in [-0.25, -0.2) is 4.90 Å². The van der Waals surface area contributed by atoms with Crippen molar-refractivity contribution in [3.63, 3.8) is 0 Å². The monoisotopic (exact) mass is 417 g/mol. The fourth-order valence-electron chi connectivity index (χ4n) is 3.51. The minimum Gasteiger partial charge on any atom is -0.366 e. The van der Waals surface area contributed by atoms with E-state index in [1.54, 1.807) is 42.5 Å². The number of hydrogen-bond acceptors (Lipinski definition) is 4. The predicted molar refractivity (Wildman–Crippen MR) is 119 cm³/mol. The maximum atomic E-state index is 12.9. The molecule has 1 aliphatic rings. The Balaban J connectivity index is 1.68. The van der Waals surface area contributed by atoms with Crippen LogP contribution in [0.4, 0.5) is 10.5 Å². The number of benzene rings is 2. The third-order valence-electron chi connectivity index (χ3n) is 4.98. The highest BCUT2D eigenvalue weighted by atomic mass is 32.2. The van der Waals surface area contributed by atoms with Gasteiger partial charge in [-0.15, -0.1) is 0 Å². The van der Waals surface area contributed by atoms with E-state index in [0.29, 0.717) is 16.2 Å². The Hall–Kier alpha value is -3.58. The average molecular weight is 417 g/mol. The molecule has 0 saturated carbocycles. The molecule has 150 valence electrons. The van der Waals surface area contributed by atoms with Crippen LogP contribution in [0.1, 0.15) is 27.3 Å². The predicted octanol–water partition coefficient (Wildman–Crippen LogP) is 4.43. The lowest BCUT2D eigenvalue weighted by Gasteiger charge is -2.11. The molecule has 2 N–H and O–H groups in total. The van der Waals surface area contributed by atoms with Crippen molar-refractivity contribution < 1.29 is 14.4 Å². The molecule has 0 bridgehead atoms. The third kappa shape index (κ3) is 3.44. The van der Waals surface area contributed by atoms with E-state index >= 15 is 0 Å². The first-order chi connectivity index (χ1) is 14.4. The highest BCUT2D eigenvalue weighted by molar-refractivity contribution is 8.19. The standard InChI is InChI=1S/C23H19N3O3S/c1-14-12-17(15(2)25(14)19-10-8-16(9-11-19)21(24)27)13-20-22(28)26(23(29)30-20)18-6-4-3-5-7-18/h3-13H,1-2H3,(H2,24,27)/b20-13+. The van der Waals surface area contributed by atoms with Crippen LogP contribution >= 0.6 is 11.8 Å². The largest absolute Gasteiger partial charge is 0.366 e. The van der Waals surface area contributed by atoms with Crippen LogP contribution in [0.2, 0.25) is 0 Å². The van der Waals surface area contributed by atoms with Crippen LogP contribution in [0.3, 0.4) is 0 Å². The molecule has 0 unspecified atom stereocenters. The van der Waals surface area contributed by atoms with Crippen LogP contribution < -0.4 is 10.6 Å². The summed E-state index contributed by atoms with van der Waals surface area (Å²) in [4.78, 5) is 38.2. The lowest BCUT2D eigenvalue weighted by molar-refractivity contribution is -0.113. The summed E-state index contributed by atoms with van der Waals surface area (Å²) in [5.74, 6) is -0.802. The zero-order valence-electron chi connectivity index (χ0n) is 16.5. The zero-order valence-corrected chi connectivity index (χ0v) is 17.3. The summed E-state index contributed by atoms with van der Waals surface area (Å²) in [5, 5.41) is -0.312. The summed E-state index contributed by atoms with van der Waals surface area (Å²) in [5.41, 5.74) is 9.94. The van der Waals surface area contributed by atoms with E-state index in [1.807, 2.05) is 42.7 Å². The van der Waals surface area contributed by atoms with Gasteiger partial charge in [0.2, 0.25) is 5.91 Å². The number of amides is 3. The van der Waals surface area contributed by atoms with Crippen LogP contribution in [0, 0.1) is 13.8 Å². The number of primary amides is 1. The SMILES string of the molecule is Cc1cc(/C=C2/SC(=O)N(c3ccccc3)C2=O)c(C)n1-c1ccc(C(N)=O)cc1. The number of hydrogen-bond donors (Lipinski definition) is 1. The summed E-state index contributed by atoms with van der Waals surface area (Å²) in [6.45, 7) is 3.91. The van der Waals surface area contributed by atoms with Crippen LogP contribution in [0.15, 0.2) is 65.6 Å². The molecule has 4 rings (SSSR count). The van der Waals surface area contributed by atoms with Crippen molar-refractivity contribution in [3.8, 4) is 5.69 Å². The number of rotatable bonds is 4. The number of para-hydroxylation sites is 1. The molecule has 30 heavy (non-hydrogen) atoms. The summed E-state index contributed by atoms with van der Waals surface area (Å²) in [6, 6.07) is 17.9. The number of carbonyl (C=O) groups is 3. The minimum absolute atomic E-state index is 0.312. The van der Waals surface area contributed by atoms with Gasteiger partial charge in [0.05, 0.1) is 10.6 Å². The van der Waals surface area contributed by atoms with E-state index in [-0.39, 0.29) is 11.1 Å². The van der Waals surface area contributed by atoms with Gasteiger partial charge in [0.25, 0.3) is 11.1 Å². The Morgan fingerprint density at radius 2 is 1.63 bits per heavy atom. The number of carbonyl (C=O) groups excluding carboxylic acids is 3. The lowest BCUT2D eigenvalue weighted by atomic mass is 10.2. The quantitative estimate of drug-likeness (QED) is 0.636. The highest BCUT2D eigenvalue weighted by Gasteiger charge is 2.36. The van der Waals surface area contributed by atoms with Gasteiger partial charge < -0.3 is 10.3 Å². The van der Waals surface area contributed by atoms with Gasteiger partial charge in [-0.2, -0.15) is 0 Å². The molecule has 1 fully saturated rings. The molecular formula is C23H19N3O3S. The smallest absolute Gasteiger partial charge is 0.298 e. The molecule has 1 aromatic heterocycles. The van der Waals surface area contributed by atoms with Crippen molar-refractivity contribution >= 4 is 40.6 Å². The molecule has 0 aliphatic carbocycles. The van der Waals surface area contributed by atoms with E-state index < -0.39 is 5.91 Å². The Bertz CT molecular complexity index is 1190. The molecule has 1 saturated heterocycles. The summed E-state index contributed by atoms with van der Waals surface area (Å²) in [7, 11) is 0. The fourth-order valence-corrected chi connectivity index (χ4v) is 4.35. The van der Waals surface area contributed by atoms with Crippen LogP contribution in [0.25, 0.3) is 11.8 Å². The Morgan fingerprint density at radius 1 is 0.967 bits per heavy atom. The molecule has 3 aromatic rings. The Labute approximate surface area is 178 Å². The van der Waals surface area contributed by atoms with E-state index in [0.717, 1.165) is 34.4 Å². The normalized spacial score (nSPS) is 15.3. The van der Waals surface area contributed by atoms with Gasteiger partial charge in [-0.1, -0.05) is 18.2 Å². The minimum atomic E-state index is -0.475. The van der Waals surface area contributed by atoms with E-state index in [9.17, 15) is 14.4 Å². The van der Waals surface area contributed by atoms with Gasteiger partial charge in [0.1, 0.15) is 0 Å². The second-order valence-electron chi connectivity index (χ2n) is 6.93. The molecule has 3 amide bonds. The zero-order chi connectivity index (χ0) is 21.4. The molecule has 2 heterocycles. The number of nitrogens with zero attached hydrogens (tertiary/aromatic N) is 2. The summed E-state index contributed by atoms with van der Waals surface area (Å²) < 4.78 is 2.03. The molecule has 0 spiro atoms. The first-order valence-corrected chi connectivity index (χ1v) is 10.1. The van der Waals surface area contributed by atoms with Gasteiger partial charge in [0.15, 0.2) is 0 Å². The first kappa shape index (κ1) is 19.7. The number of aryl methyl sites for hydroxylation is 1. The number of nitrogens with two attached hydrogens (primary N) is 1.